The van der Waals surface area contributed by atoms with Crippen LogP contribution in [0.25, 0.3) is 16.9 Å². The Morgan fingerprint density at radius 3 is 2.39 bits per heavy atom. The van der Waals surface area contributed by atoms with Crippen molar-refractivity contribution in [2.75, 3.05) is 23.7 Å². The largest absolute Gasteiger partial charge is 0.322 e. The lowest BCUT2D eigenvalue weighted by Gasteiger charge is -2.22. The smallest absolute Gasteiger partial charge is 0.315 e. The molecule has 196 valence electrons. The molecule has 0 aliphatic rings. The van der Waals surface area contributed by atoms with Crippen LogP contribution in [-0.2, 0) is 4.79 Å². The molecule has 4 rings (SSSR count). The number of aromatic nitrogens is 2. The molecule has 0 spiro atoms. The normalized spacial score (nSPS) is 10.7. The second-order valence-corrected chi connectivity index (χ2v) is 8.96. The summed E-state index contributed by atoms with van der Waals surface area (Å²) in [6, 6.07) is 20.2. The molecular weight excluding hydrogens is 512 g/mol. The van der Waals surface area contributed by atoms with Gasteiger partial charge in [0.1, 0.15) is 24.0 Å². The molecule has 0 unspecified atom stereocenters. The first-order valence-corrected chi connectivity index (χ1v) is 12.4. The minimum Gasteiger partial charge on any atom is -0.315 e. The third kappa shape index (κ3) is 6.74. The summed E-state index contributed by atoms with van der Waals surface area (Å²) in [5.74, 6) is -1.08. The summed E-state index contributed by atoms with van der Waals surface area (Å²) in [6.45, 7) is 2.06. The first kappa shape index (κ1) is 26.8. The molecule has 0 aliphatic heterocycles. The SMILES string of the molecule is CCCCN(CC(=O)Nc1cc(-c2ccccc2)nn1-c1ccc(F)cc1)C(=O)Nc1ccc(F)c(Cl)c1. The fourth-order valence-corrected chi connectivity index (χ4v) is 3.91. The van der Waals surface area contributed by atoms with Gasteiger partial charge < -0.3 is 15.5 Å². The molecule has 3 aromatic carbocycles. The number of hydrogen-bond acceptors (Lipinski definition) is 3. The van der Waals surface area contributed by atoms with Crippen molar-refractivity contribution in [1.82, 2.24) is 14.7 Å². The van der Waals surface area contributed by atoms with Crippen molar-refractivity contribution in [3.05, 3.63) is 95.5 Å². The van der Waals surface area contributed by atoms with Crippen LogP contribution in [0.5, 0.6) is 0 Å². The molecule has 0 bridgehead atoms. The number of urea groups is 1. The number of unbranched alkanes of at least 4 members (excludes halogenated alkanes) is 1. The Kier molecular flexibility index (Phi) is 8.70. The van der Waals surface area contributed by atoms with Gasteiger partial charge in [-0.1, -0.05) is 55.3 Å². The van der Waals surface area contributed by atoms with E-state index in [1.165, 1.54) is 33.8 Å². The quantitative estimate of drug-likeness (QED) is 0.248. The number of hydrogen-bond donors (Lipinski definition) is 2. The number of carbonyl (C=O) groups is 2. The zero-order valence-corrected chi connectivity index (χ0v) is 21.4. The first-order valence-electron chi connectivity index (χ1n) is 12.1. The highest BCUT2D eigenvalue weighted by Crippen LogP contribution is 2.25. The molecular formula is C28H26ClF2N5O2. The van der Waals surface area contributed by atoms with E-state index in [4.69, 9.17) is 11.6 Å². The predicted molar refractivity (Wildman–Crippen MR) is 144 cm³/mol. The Balaban J connectivity index is 1.55. The number of carbonyl (C=O) groups excluding carboxylic acids is 2. The van der Waals surface area contributed by atoms with Crippen LogP contribution in [-0.4, -0.2) is 39.7 Å². The van der Waals surface area contributed by atoms with Gasteiger partial charge in [0.05, 0.1) is 16.4 Å². The zero-order chi connectivity index (χ0) is 27.1. The van der Waals surface area contributed by atoms with Gasteiger partial charge in [0.15, 0.2) is 0 Å². The molecule has 0 saturated heterocycles. The van der Waals surface area contributed by atoms with Gasteiger partial charge in [-0.2, -0.15) is 5.10 Å². The minimum absolute atomic E-state index is 0.121. The number of amides is 3. The van der Waals surface area contributed by atoms with Crippen molar-refractivity contribution < 1.29 is 18.4 Å². The van der Waals surface area contributed by atoms with Gasteiger partial charge in [0, 0.05) is 23.9 Å². The molecule has 1 heterocycles. The number of anilines is 2. The van der Waals surface area contributed by atoms with E-state index in [1.807, 2.05) is 37.3 Å². The standard InChI is InChI=1S/C28H26ClF2N5O2/c1-2-3-15-35(28(38)32-21-11-14-24(31)23(29)16-21)18-27(37)33-26-17-25(19-7-5-4-6-8-19)34-36(26)22-12-9-20(30)10-13-22/h4-14,16-17H,2-3,15,18H2,1H3,(H,32,38)(H,33,37). The highest BCUT2D eigenvalue weighted by atomic mass is 35.5. The van der Waals surface area contributed by atoms with Gasteiger partial charge in [-0.15, -0.1) is 0 Å². The van der Waals surface area contributed by atoms with Gasteiger partial charge in [0.2, 0.25) is 5.91 Å². The Bertz CT molecular complexity index is 1410. The highest BCUT2D eigenvalue weighted by Gasteiger charge is 2.20. The van der Waals surface area contributed by atoms with Gasteiger partial charge in [-0.3, -0.25) is 4.79 Å². The maximum atomic E-state index is 13.5. The fraction of sp³-hybridized carbons (Fsp3) is 0.179. The Morgan fingerprint density at radius 2 is 1.71 bits per heavy atom. The van der Waals surface area contributed by atoms with Crippen LogP contribution < -0.4 is 10.6 Å². The maximum absolute atomic E-state index is 13.5. The van der Waals surface area contributed by atoms with E-state index in [0.29, 0.717) is 35.9 Å². The summed E-state index contributed by atoms with van der Waals surface area (Å²) in [7, 11) is 0. The van der Waals surface area contributed by atoms with Crippen molar-refractivity contribution in [1.29, 1.82) is 0 Å². The molecule has 10 heteroatoms. The summed E-state index contributed by atoms with van der Waals surface area (Å²) < 4.78 is 28.5. The molecule has 0 atom stereocenters. The number of halogens is 3. The van der Waals surface area contributed by atoms with Crippen LogP contribution in [0.4, 0.5) is 25.1 Å². The first-order chi connectivity index (χ1) is 18.3. The van der Waals surface area contributed by atoms with Crippen molar-refractivity contribution in [2.45, 2.75) is 19.8 Å². The molecule has 7 nitrogen and oxygen atoms in total. The van der Waals surface area contributed by atoms with Crippen LogP contribution in [0.3, 0.4) is 0 Å². The van der Waals surface area contributed by atoms with Crippen molar-refractivity contribution in [2.24, 2.45) is 0 Å². The predicted octanol–water partition coefficient (Wildman–Crippen LogP) is 6.74. The fourth-order valence-electron chi connectivity index (χ4n) is 3.73. The van der Waals surface area contributed by atoms with Crippen molar-refractivity contribution in [3.63, 3.8) is 0 Å². The van der Waals surface area contributed by atoms with Gasteiger partial charge in [-0.05, 0) is 48.9 Å². The van der Waals surface area contributed by atoms with E-state index >= 15 is 0 Å². The van der Waals surface area contributed by atoms with Crippen LogP contribution in [0.15, 0.2) is 78.9 Å². The summed E-state index contributed by atoms with van der Waals surface area (Å²) in [6.07, 6.45) is 1.49. The maximum Gasteiger partial charge on any atom is 0.322 e. The number of benzene rings is 3. The molecule has 0 aliphatic carbocycles. The third-order valence-electron chi connectivity index (χ3n) is 5.69. The van der Waals surface area contributed by atoms with E-state index in [1.54, 1.807) is 18.2 Å². The van der Waals surface area contributed by atoms with Gasteiger partial charge in [-0.25, -0.2) is 18.3 Å². The molecule has 0 saturated carbocycles. The average Bonchev–Trinajstić information content (AvgIpc) is 3.33. The van der Waals surface area contributed by atoms with Crippen LogP contribution in [0, 0.1) is 11.6 Å². The second-order valence-electron chi connectivity index (χ2n) is 8.55. The molecule has 4 aromatic rings. The Hall–Kier alpha value is -4.24. The van der Waals surface area contributed by atoms with E-state index in [9.17, 15) is 18.4 Å². The number of nitrogens with one attached hydrogen (secondary N) is 2. The Morgan fingerprint density at radius 1 is 0.974 bits per heavy atom. The lowest BCUT2D eigenvalue weighted by molar-refractivity contribution is -0.116. The molecule has 0 radical (unpaired) electrons. The summed E-state index contributed by atoms with van der Waals surface area (Å²) in [4.78, 5) is 27.4. The number of nitrogens with zero attached hydrogens (tertiary/aromatic N) is 3. The van der Waals surface area contributed by atoms with Crippen molar-refractivity contribution >= 4 is 35.0 Å². The third-order valence-corrected chi connectivity index (χ3v) is 5.98. The van der Waals surface area contributed by atoms with E-state index in [-0.39, 0.29) is 11.6 Å². The summed E-state index contributed by atoms with van der Waals surface area (Å²) in [5.41, 5.74) is 2.31. The zero-order valence-electron chi connectivity index (χ0n) is 20.6. The average molecular weight is 538 g/mol. The highest BCUT2D eigenvalue weighted by molar-refractivity contribution is 6.31. The minimum atomic E-state index is -0.598. The van der Waals surface area contributed by atoms with Gasteiger partial charge in [0.25, 0.3) is 0 Å². The molecule has 3 amide bonds. The monoisotopic (exact) mass is 537 g/mol. The van der Waals surface area contributed by atoms with Crippen LogP contribution >= 0.6 is 11.6 Å². The lowest BCUT2D eigenvalue weighted by Crippen LogP contribution is -2.41. The van der Waals surface area contributed by atoms with Crippen molar-refractivity contribution in [3.8, 4) is 16.9 Å². The molecule has 2 N–H and O–H groups in total. The number of rotatable bonds is 9. The summed E-state index contributed by atoms with van der Waals surface area (Å²) in [5, 5.41) is 9.98. The van der Waals surface area contributed by atoms with E-state index in [2.05, 4.69) is 15.7 Å². The summed E-state index contributed by atoms with van der Waals surface area (Å²) >= 11 is 5.82. The molecule has 0 fully saturated rings. The second kappa shape index (κ2) is 12.3. The molecule has 1 aromatic heterocycles. The molecule has 38 heavy (non-hydrogen) atoms. The van der Waals surface area contributed by atoms with E-state index in [0.717, 1.165) is 18.1 Å². The van der Waals surface area contributed by atoms with E-state index < -0.39 is 23.6 Å². The van der Waals surface area contributed by atoms with Crippen LogP contribution in [0.2, 0.25) is 5.02 Å². The topological polar surface area (TPSA) is 79.3 Å². The Labute approximate surface area is 224 Å². The van der Waals surface area contributed by atoms with Gasteiger partial charge >= 0.3 is 6.03 Å². The lowest BCUT2D eigenvalue weighted by atomic mass is 10.1. The van der Waals surface area contributed by atoms with Crippen LogP contribution in [0.1, 0.15) is 19.8 Å².